The Morgan fingerprint density at radius 3 is 2.73 bits per heavy atom. The molecular weight excluding hydrogens is 560 g/mol. The van der Waals surface area contributed by atoms with Crippen LogP contribution in [-0.2, 0) is 17.7 Å². The number of rotatable bonds is 8. The maximum atomic E-state index is 12.7. The molecule has 4 aromatic rings. The van der Waals surface area contributed by atoms with Crippen LogP contribution in [-0.4, -0.2) is 72.9 Å². The quantitative estimate of drug-likeness (QED) is 0.218. The average molecular weight is 597 g/mol. The number of hydrogen-bond acceptors (Lipinski definition) is 8. The lowest BCUT2D eigenvalue weighted by Gasteiger charge is -2.30. The van der Waals surface area contributed by atoms with Gasteiger partial charge in [-0.1, -0.05) is 0 Å². The molecule has 0 unspecified atom stereocenters. The third-order valence-electron chi connectivity index (χ3n) is 6.83. The van der Waals surface area contributed by atoms with Gasteiger partial charge < -0.3 is 29.5 Å². The molecule has 41 heavy (non-hydrogen) atoms. The van der Waals surface area contributed by atoms with E-state index in [-0.39, 0.29) is 12.1 Å². The normalized spacial score (nSPS) is 13.5. The van der Waals surface area contributed by atoms with Crippen molar-refractivity contribution < 1.29 is 19.4 Å². The molecule has 12 heteroatoms. The molecule has 10 nitrogen and oxygen atoms in total. The first-order valence-corrected chi connectivity index (χ1v) is 15.4. The first-order chi connectivity index (χ1) is 19.5. The van der Waals surface area contributed by atoms with Gasteiger partial charge in [-0.05, 0) is 71.2 Å². The van der Waals surface area contributed by atoms with E-state index in [2.05, 4.69) is 28.5 Å². The predicted molar refractivity (Wildman–Crippen MR) is 163 cm³/mol. The molecule has 0 bridgehead atoms. The monoisotopic (exact) mass is 596 g/mol. The molecule has 0 saturated carbocycles. The van der Waals surface area contributed by atoms with Crippen LogP contribution in [0.25, 0.3) is 26.5 Å². The Balaban J connectivity index is 1.39. The van der Waals surface area contributed by atoms with Crippen LogP contribution >= 0.6 is 22.7 Å². The standard InChI is InChI=1S/C29H36N6O4S2/c1-18(2)35(28(38)39-29(3,4)5)12-6-10-31-25-24(20-9-13-33(27(36)37)16-23(20)41-25)26-32-21-15-19(7-8-22(21)40-26)34-14-11-30-17-34/h7-8,11,14-15,17-18,31H,6,9-10,12-13,16H2,1-5H3,(H,36,37). The number of aromatic nitrogens is 3. The third kappa shape index (κ3) is 6.48. The zero-order chi connectivity index (χ0) is 29.3. The van der Waals surface area contributed by atoms with Crippen molar-refractivity contribution in [3.8, 4) is 16.3 Å². The number of thiophene rings is 1. The molecule has 2 N–H and O–H groups in total. The van der Waals surface area contributed by atoms with E-state index in [0.717, 1.165) is 42.8 Å². The van der Waals surface area contributed by atoms with Crippen LogP contribution in [0.2, 0.25) is 0 Å². The number of carboxylic acid groups (broad SMARTS) is 1. The minimum absolute atomic E-state index is 0.0198. The van der Waals surface area contributed by atoms with Gasteiger partial charge in [-0.3, -0.25) is 0 Å². The van der Waals surface area contributed by atoms with Crippen molar-refractivity contribution in [1.29, 1.82) is 0 Å². The lowest BCUT2D eigenvalue weighted by Crippen LogP contribution is -2.41. The molecule has 1 aliphatic heterocycles. The maximum absolute atomic E-state index is 12.7. The van der Waals surface area contributed by atoms with Crippen molar-refractivity contribution in [1.82, 2.24) is 24.3 Å². The van der Waals surface area contributed by atoms with Gasteiger partial charge in [0.2, 0.25) is 0 Å². The van der Waals surface area contributed by atoms with E-state index in [1.165, 1.54) is 10.5 Å². The summed E-state index contributed by atoms with van der Waals surface area (Å²) in [6, 6.07) is 6.23. The number of nitrogens with one attached hydrogen (secondary N) is 1. The van der Waals surface area contributed by atoms with E-state index in [0.29, 0.717) is 32.6 Å². The molecule has 2 amide bonds. The molecular formula is C29H36N6O4S2. The van der Waals surface area contributed by atoms with Gasteiger partial charge in [0.25, 0.3) is 0 Å². The number of amides is 2. The first kappa shape index (κ1) is 28.9. The van der Waals surface area contributed by atoms with E-state index >= 15 is 0 Å². The number of carbonyl (C=O) groups is 2. The second-order valence-electron chi connectivity index (χ2n) is 11.4. The van der Waals surface area contributed by atoms with E-state index in [1.54, 1.807) is 40.1 Å². The molecule has 0 saturated heterocycles. The van der Waals surface area contributed by atoms with Gasteiger partial charge in [-0.25, -0.2) is 19.6 Å². The van der Waals surface area contributed by atoms with Crippen LogP contribution in [0.15, 0.2) is 36.9 Å². The number of benzene rings is 1. The first-order valence-electron chi connectivity index (χ1n) is 13.8. The van der Waals surface area contributed by atoms with E-state index in [4.69, 9.17) is 9.72 Å². The Labute approximate surface area is 247 Å². The minimum atomic E-state index is -0.900. The largest absolute Gasteiger partial charge is 0.465 e. The lowest BCUT2D eigenvalue weighted by atomic mass is 10.0. The van der Waals surface area contributed by atoms with Gasteiger partial charge in [0.05, 0.1) is 28.1 Å². The predicted octanol–water partition coefficient (Wildman–Crippen LogP) is 6.69. The topological polar surface area (TPSA) is 113 Å². The summed E-state index contributed by atoms with van der Waals surface area (Å²) >= 11 is 3.24. The molecule has 0 radical (unpaired) electrons. The van der Waals surface area contributed by atoms with Crippen molar-refractivity contribution in [2.75, 3.05) is 25.0 Å². The maximum Gasteiger partial charge on any atom is 0.410 e. The molecule has 0 aliphatic carbocycles. The van der Waals surface area contributed by atoms with Gasteiger partial charge >= 0.3 is 12.2 Å². The van der Waals surface area contributed by atoms with Crippen molar-refractivity contribution >= 4 is 50.1 Å². The zero-order valence-corrected chi connectivity index (χ0v) is 25.6. The Hall–Kier alpha value is -3.64. The molecule has 0 spiro atoms. The summed E-state index contributed by atoms with van der Waals surface area (Å²) in [5.74, 6) is 0. The molecule has 1 aromatic carbocycles. The molecule has 4 heterocycles. The molecule has 0 fully saturated rings. The summed E-state index contributed by atoms with van der Waals surface area (Å²) in [6.07, 6.45) is 5.59. The van der Waals surface area contributed by atoms with Gasteiger partial charge in [0, 0.05) is 54.2 Å². The smallest absolute Gasteiger partial charge is 0.410 e. The minimum Gasteiger partial charge on any atom is -0.465 e. The lowest BCUT2D eigenvalue weighted by molar-refractivity contribution is 0.0191. The van der Waals surface area contributed by atoms with Crippen LogP contribution in [0, 0.1) is 0 Å². The number of imidazole rings is 1. The summed E-state index contributed by atoms with van der Waals surface area (Å²) in [7, 11) is 0. The number of hydrogen-bond donors (Lipinski definition) is 2. The Bertz CT molecular complexity index is 1540. The van der Waals surface area contributed by atoms with Crippen molar-refractivity contribution in [3.05, 3.63) is 47.4 Å². The number of ether oxygens (including phenoxy) is 1. The van der Waals surface area contributed by atoms with Gasteiger partial charge in [0.1, 0.15) is 10.6 Å². The Morgan fingerprint density at radius 1 is 1.24 bits per heavy atom. The number of anilines is 1. The van der Waals surface area contributed by atoms with Crippen LogP contribution in [0.1, 0.15) is 51.5 Å². The van der Waals surface area contributed by atoms with Crippen LogP contribution in [0.3, 0.4) is 0 Å². The highest BCUT2D eigenvalue weighted by Gasteiger charge is 2.29. The molecule has 3 aromatic heterocycles. The summed E-state index contributed by atoms with van der Waals surface area (Å²) in [5, 5.41) is 15.1. The Kier molecular flexibility index (Phi) is 8.23. The SMILES string of the molecule is CC(C)N(CCCNc1sc2c(c1-c1nc3cc(-n4ccnc4)ccc3s1)CCN(C(=O)O)C2)C(=O)OC(C)(C)C. The fourth-order valence-electron chi connectivity index (χ4n) is 4.84. The zero-order valence-electron chi connectivity index (χ0n) is 24.0. The summed E-state index contributed by atoms with van der Waals surface area (Å²) in [4.78, 5) is 37.9. The average Bonchev–Trinajstić information content (AvgIpc) is 3.64. The molecule has 218 valence electrons. The number of nitrogens with zero attached hydrogens (tertiary/aromatic N) is 5. The summed E-state index contributed by atoms with van der Waals surface area (Å²) < 4.78 is 8.64. The van der Waals surface area contributed by atoms with Crippen molar-refractivity contribution in [3.63, 3.8) is 0 Å². The highest BCUT2D eigenvalue weighted by atomic mass is 32.1. The number of fused-ring (bicyclic) bond motifs is 2. The Morgan fingerprint density at radius 2 is 2.05 bits per heavy atom. The second kappa shape index (κ2) is 11.7. The second-order valence-corrected chi connectivity index (χ2v) is 13.5. The van der Waals surface area contributed by atoms with Crippen LogP contribution < -0.4 is 5.32 Å². The summed E-state index contributed by atoms with van der Waals surface area (Å²) in [5.41, 5.74) is 3.59. The van der Waals surface area contributed by atoms with E-state index in [9.17, 15) is 14.7 Å². The van der Waals surface area contributed by atoms with Gasteiger partial charge in [0.15, 0.2) is 0 Å². The fraction of sp³-hybridized carbons (Fsp3) is 0.448. The highest BCUT2D eigenvalue weighted by molar-refractivity contribution is 7.22. The number of carbonyl (C=O) groups excluding carboxylic acids is 1. The van der Waals surface area contributed by atoms with Gasteiger partial charge in [-0.2, -0.15) is 0 Å². The van der Waals surface area contributed by atoms with Crippen LogP contribution in [0.4, 0.5) is 14.6 Å². The van der Waals surface area contributed by atoms with Crippen molar-refractivity contribution in [2.45, 2.75) is 65.6 Å². The van der Waals surface area contributed by atoms with Gasteiger partial charge in [-0.15, -0.1) is 22.7 Å². The van der Waals surface area contributed by atoms with Crippen LogP contribution in [0.5, 0.6) is 0 Å². The van der Waals surface area contributed by atoms with Crippen molar-refractivity contribution in [2.24, 2.45) is 0 Å². The third-order valence-corrected chi connectivity index (χ3v) is 9.06. The summed E-state index contributed by atoms with van der Waals surface area (Å²) in [6.45, 7) is 11.6. The molecule has 0 atom stereocenters. The highest BCUT2D eigenvalue weighted by Crippen LogP contribution is 2.45. The van der Waals surface area contributed by atoms with E-state index < -0.39 is 11.7 Å². The molecule has 5 rings (SSSR count). The fourth-order valence-corrected chi connectivity index (χ4v) is 7.22. The van der Waals surface area contributed by atoms with E-state index in [1.807, 2.05) is 45.4 Å². The number of thiazole rings is 1. The molecule has 1 aliphatic rings.